The van der Waals surface area contributed by atoms with Crippen molar-refractivity contribution in [3.8, 4) is 5.75 Å². The Morgan fingerprint density at radius 1 is 1.64 bits per heavy atom. The molecule has 2 rings (SSSR count). The highest BCUT2D eigenvalue weighted by atomic mass is 16.5. The van der Waals surface area contributed by atoms with Crippen LogP contribution >= 0.6 is 0 Å². The minimum absolute atomic E-state index is 0.164. The van der Waals surface area contributed by atoms with Crippen LogP contribution in [0, 0.1) is 6.92 Å². The lowest BCUT2D eigenvalue weighted by Crippen LogP contribution is -1.94. The van der Waals surface area contributed by atoms with Gasteiger partial charge in [-0.3, -0.25) is 0 Å². The fraction of sp³-hybridized carbons (Fsp3) is 0.273. The predicted molar refractivity (Wildman–Crippen MR) is 55.5 cm³/mol. The van der Waals surface area contributed by atoms with Crippen molar-refractivity contribution in [1.82, 2.24) is 4.98 Å². The molecule has 0 bridgehead atoms. The minimum Gasteiger partial charge on any atom is -0.496 e. The number of nitrogens with one attached hydrogen (secondary N) is 1. The lowest BCUT2D eigenvalue weighted by Gasteiger charge is -2.09. The van der Waals surface area contributed by atoms with Crippen LogP contribution in [-0.2, 0) is 6.56 Å². The molecule has 1 aromatic carbocycles. The molecule has 0 unspecified atom stereocenters. The number of hydrogen-bond acceptors (Lipinski definition) is 2. The molecule has 0 atom stereocenters. The SMILES string of the molecule is [2H]C([2H])(O)c1c(OC)cc(C)c2[nH]ccc12. The number of methoxy groups -OCH3 is 1. The molecule has 14 heavy (non-hydrogen) atoms. The van der Waals surface area contributed by atoms with Crippen molar-refractivity contribution in [3.63, 3.8) is 0 Å². The number of ether oxygens (including phenoxy) is 1. The number of rotatable bonds is 2. The zero-order valence-electron chi connectivity index (χ0n) is 10.1. The summed E-state index contributed by atoms with van der Waals surface area (Å²) in [7, 11) is 1.46. The van der Waals surface area contributed by atoms with Gasteiger partial charge in [0.25, 0.3) is 0 Å². The van der Waals surface area contributed by atoms with Crippen LogP contribution in [-0.4, -0.2) is 17.2 Å². The van der Waals surface area contributed by atoms with Crippen LogP contribution < -0.4 is 4.74 Å². The number of aliphatic hydroxyl groups is 1. The van der Waals surface area contributed by atoms with Gasteiger partial charge in [-0.15, -0.1) is 0 Å². The van der Waals surface area contributed by atoms with E-state index in [0.29, 0.717) is 11.1 Å². The van der Waals surface area contributed by atoms with Gasteiger partial charge in [0, 0.05) is 22.7 Å². The van der Waals surface area contributed by atoms with E-state index in [4.69, 9.17) is 7.48 Å². The van der Waals surface area contributed by atoms with Crippen LogP contribution in [0.5, 0.6) is 5.75 Å². The van der Waals surface area contributed by atoms with Crippen molar-refractivity contribution < 1.29 is 12.6 Å². The zero-order chi connectivity index (χ0) is 11.9. The lowest BCUT2D eigenvalue weighted by molar-refractivity contribution is 0.275. The van der Waals surface area contributed by atoms with Gasteiger partial charge in [-0.05, 0) is 24.6 Å². The van der Waals surface area contributed by atoms with Crippen molar-refractivity contribution in [3.05, 3.63) is 29.5 Å². The van der Waals surface area contributed by atoms with Crippen LogP contribution in [0.3, 0.4) is 0 Å². The van der Waals surface area contributed by atoms with E-state index in [1.54, 1.807) is 18.3 Å². The van der Waals surface area contributed by atoms with Gasteiger partial charge in [0.1, 0.15) is 5.75 Å². The van der Waals surface area contributed by atoms with Gasteiger partial charge in [0.15, 0.2) is 0 Å². The van der Waals surface area contributed by atoms with Crippen LogP contribution in [0.25, 0.3) is 10.9 Å². The summed E-state index contributed by atoms with van der Waals surface area (Å²) in [6.07, 6.45) is 1.71. The third-order valence-corrected chi connectivity index (χ3v) is 2.34. The lowest BCUT2D eigenvalue weighted by atomic mass is 10.1. The molecule has 0 spiro atoms. The first kappa shape index (κ1) is 6.90. The number of fused-ring (bicyclic) bond motifs is 1. The van der Waals surface area contributed by atoms with Gasteiger partial charge in [0.05, 0.1) is 16.4 Å². The van der Waals surface area contributed by atoms with Crippen molar-refractivity contribution in [2.45, 2.75) is 13.5 Å². The van der Waals surface area contributed by atoms with Gasteiger partial charge in [-0.25, -0.2) is 0 Å². The normalized spacial score (nSPS) is 13.9. The van der Waals surface area contributed by atoms with Gasteiger partial charge in [0.2, 0.25) is 0 Å². The molecule has 3 nitrogen and oxygen atoms in total. The second-order valence-electron chi connectivity index (χ2n) is 3.15. The maximum absolute atomic E-state index is 9.55. The molecule has 0 aliphatic carbocycles. The summed E-state index contributed by atoms with van der Waals surface area (Å²) in [5, 5.41) is 10.2. The fourth-order valence-electron chi connectivity index (χ4n) is 1.65. The number of H-pyrrole nitrogens is 1. The smallest absolute Gasteiger partial charge is 0.125 e. The Morgan fingerprint density at radius 2 is 2.43 bits per heavy atom. The monoisotopic (exact) mass is 193 g/mol. The average molecular weight is 193 g/mol. The Hall–Kier alpha value is -1.48. The van der Waals surface area contributed by atoms with E-state index in [0.717, 1.165) is 11.1 Å². The molecule has 2 N–H and O–H groups in total. The number of aromatic nitrogens is 1. The Morgan fingerprint density at radius 3 is 3.07 bits per heavy atom. The quantitative estimate of drug-likeness (QED) is 0.766. The first-order chi connectivity index (χ1) is 7.45. The molecule has 74 valence electrons. The number of benzene rings is 1. The first-order valence-electron chi connectivity index (χ1n) is 5.32. The average Bonchev–Trinajstić information content (AvgIpc) is 2.63. The first-order valence-corrected chi connectivity index (χ1v) is 4.32. The van der Waals surface area contributed by atoms with Gasteiger partial charge >= 0.3 is 0 Å². The fourth-order valence-corrected chi connectivity index (χ4v) is 1.65. The molecule has 0 amide bonds. The molecule has 2 aromatic rings. The zero-order valence-corrected chi connectivity index (χ0v) is 8.09. The molecular formula is C11H13NO2. The van der Waals surface area contributed by atoms with Crippen LogP contribution in [0.4, 0.5) is 0 Å². The molecule has 0 aliphatic heterocycles. The van der Waals surface area contributed by atoms with Gasteiger partial charge in [-0.2, -0.15) is 0 Å². The summed E-state index contributed by atoms with van der Waals surface area (Å²) in [5.41, 5.74) is 1.93. The number of aryl methyl sites for hydroxylation is 1. The molecule has 0 aliphatic rings. The molecule has 0 saturated heterocycles. The molecule has 1 aromatic heterocycles. The maximum Gasteiger partial charge on any atom is 0.125 e. The highest BCUT2D eigenvalue weighted by Crippen LogP contribution is 2.30. The van der Waals surface area contributed by atoms with E-state index in [1.165, 1.54) is 7.11 Å². The second-order valence-corrected chi connectivity index (χ2v) is 3.15. The molecule has 0 radical (unpaired) electrons. The minimum atomic E-state index is -2.42. The van der Waals surface area contributed by atoms with E-state index in [-0.39, 0.29) is 5.56 Å². The van der Waals surface area contributed by atoms with Crippen LogP contribution in [0.1, 0.15) is 13.9 Å². The van der Waals surface area contributed by atoms with E-state index < -0.39 is 6.56 Å². The number of hydrogen-bond donors (Lipinski definition) is 2. The van der Waals surface area contributed by atoms with Crippen molar-refractivity contribution in [2.75, 3.05) is 7.11 Å². The van der Waals surface area contributed by atoms with Crippen molar-refractivity contribution in [1.29, 1.82) is 0 Å². The summed E-state index contributed by atoms with van der Waals surface area (Å²) in [5.74, 6) is 0.358. The number of aromatic amines is 1. The van der Waals surface area contributed by atoms with Crippen LogP contribution in [0.15, 0.2) is 18.3 Å². The summed E-state index contributed by atoms with van der Waals surface area (Å²) >= 11 is 0. The van der Waals surface area contributed by atoms with E-state index in [1.807, 2.05) is 6.92 Å². The van der Waals surface area contributed by atoms with E-state index in [2.05, 4.69) is 4.98 Å². The van der Waals surface area contributed by atoms with Crippen LogP contribution in [0.2, 0.25) is 0 Å². The highest BCUT2D eigenvalue weighted by molar-refractivity contribution is 5.87. The van der Waals surface area contributed by atoms with Gasteiger partial charge < -0.3 is 14.8 Å². The van der Waals surface area contributed by atoms with E-state index >= 15 is 0 Å². The summed E-state index contributed by atoms with van der Waals surface area (Å²) < 4.78 is 20.0. The second kappa shape index (κ2) is 3.35. The summed E-state index contributed by atoms with van der Waals surface area (Å²) in [6, 6.07) is 3.44. The Kier molecular flexibility index (Phi) is 1.65. The maximum atomic E-state index is 9.55. The molecule has 0 saturated carbocycles. The summed E-state index contributed by atoms with van der Waals surface area (Å²) in [6.45, 7) is -0.516. The third kappa shape index (κ3) is 1.17. The molecule has 0 fully saturated rings. The Balaban J connectivity index is 2.87. The molecule has 3 heteroatoms. The van der Waals surface area contributed by atoms with Crippen molar-refractivity contribution >= 4 is 10.9 Å². The molecule has 1 heterocycles. The largest absolute Gasteiger partial charge is 0.496 e. The Labute approximate surface area is 85.1 Å². The van der Waals surface area contributed by atoms with Crippen molar-refractivity contribution in [2.24, 2.45) is 0 Å². The third-order valence-electron chi connectivity index (χ3n) is 2.34. The topological polar surface area (TPSA) is 45.2 Å². The molecular weight excluding hydrogens is 178 g/mol. The summed E-state index contributed by atoms with van der Waals surface area (Å²) in [4.78, 5) is 3.02. The van der Waals surface area contributed by atoms with E-state index in [9.17, 15) is 5.11 Å². The highest BCUT2D eigenvalue weighted by Gasteiger charge is 2.10. The van der Waals surface area contributed by atoms with Gasteiger partial charge in [-0.1, -0.05) is 0 Å². The Bertz CT molecular complexity index is 528. The standard InChI is InChI=1S/C11H13NO2/c1-7-5-10(14-2)9(6-13)8-3-4-12-11(7)8/h3-5,12-13H,6H2,1-2H3/i6D2. The predicted octanol–water partition coefficient (Wildman–Crippen LogP) is 1.98.